The van der Waals surface area contributed by atoms with Crippen LogP contribution in [0, 0.1) is 0 Å². The van der Waals surface area contributed by atoms with Gasteiger partial charge in [-0.2, -0.15) is 0 Å². The summed E-state index contributed by atoms with van der Waals surface area (Å²) in [5, 5.41) is 3.81. The standard InChI is InChI=1S/C24H26N4O.C16H16ClN3O.C8H11N/c1-18(19-8-4-3-5-9-19)26-23-16-22(12-14-25-23)27(2)24(29)28-15-13-20-10-6-7-11-21(20)17-28;1-19(14-6-8-18-15(17)10-14)16(21)20-9-7-12-4-2-3-5-13(12)11-20;1-7(9)8-5-3-2-4-6-8/h3-12,14,16,18H,13,15,17H2,1-2H3,(H,25,26);2-6,8,10H,7,9,11H2,1H3;2-7H,9H2,1H3/t18-;;7-/m0.0/s1. The van der Waals surface area contributed by atoms with Gasteiger partial charge in [0.1, 0.15) is 11.0 Å². The number of hydrogen-bond acceptors (Lipinski definition) is 6. The number of aromatic nitrogens is 2. The molecule has 0 bridgehead atoms. The molecule has 8 rings (SSSR count). The predicted molar refractivity (Wildman–Crippen MR) is 240 cm³/mol. The van der Waals surface area contributed by atoms with Crippen molar-refractivity contribution in [2.75, 3.05) is 42.3 Å². The van der Waals surface area contributed by atoms with Gasteiger partial charge in [-0.3, -0.25) is 9.80 Å². The second-order valence-corrected chi connectivity index (χ2v) is 15.2. The van der Waals surface area contributed by atoms with E-state index in [-0.39, 0.29) is 24.1 Å². The average molecular weight is 809 g/mol. The molecule has 2 aromatic heterocycles. The summed E-state index contributed by atoms with van der Waals surface area (Å²) in [6.07, 6.45) is 5.14. The Hall–Kier alpha value is -6.23. The van der Waals surface area contributed by atoms with E-state index in [2.05, 4.69) is 64.7 Å². The zero-order valence-corrected chi connectivity index (χ0v) is 35.0. The highest BCUT2D eigenvalue weighted by Gasteiger charge is 2.25. The molecule has 59 heavy (non-hydrogen) atoms. The number of amides is 4. The van der Waals surface area contributed by atoms with Gasteiger partial charge in [0.15, 0.2) is 0 Å². The number of nitrogens with zero attached hydrogens (tertiary/aromatic N) is 6. The second kappa shape index (κ2) is 20.5. The highest BCUT2D eigenvalue weighted by molar-refractivity contribution is 6.29. The number of halogens is 1. The van der Waals surface area contributed by atoms with E-state index in [1.165, 1.54) is 33.4 Å². The third kappa shape index (κ3) is 11.5. The molecule has 0 fully saturated rings. The molecule has 0 radical (unpaired) electrons. The normalized spacial score (nSPS) is 13.8. The lowest BCUT2D eigenvalue weighted by Crippen LogP contribution is -2.43. The molecule has 4 amide bonds. The highest BCUT2D eigenvalue weighted by atomic mass is 35.5. The van der Waals surface area contributed by atoms with Crippen LogP contribution in [0.15, 0.2) is 146 Å². The van der Waals surface area contributed by atoms with E-state index in [4.69, 9.17) is 17.3 Å². The minimum absolute atomic E-state index is 0.00719. The predicted octanol–water partition coefficient (Wildman–Crippen LogP) is 9.92. The molecule has 2 aliphatic rings. The van der Waals surface area contributed by atoms with E-state index in [1.54, 1.807) is 41.4 Å². The van der Waals surface area contributed by atoms with Crippen molar-refractivity contribution in [3.05, 3.63) is 184 Å². The molecule has 4 heterocycles. The maximum Gasteiger partial charge on any atom is 0.324 e. The van der Waals surface area contributed by atoms with Crippen LogP contribution in [-0.2, 0) is 25.9 Å². The van der Waals surface area contributed by atoms with Crippen molar-refractivity contribution >= 4 is 40.9 Å². The van der Waals surface area contributed by atoms with Crippen molar-refractivity contribution in [3.8, 4) is 0 Å². The van der Waals surface area contributed by atoms with Gasteiger partial charge in [-0.05, 0) is 78.3 Å². The van der Waals surface area contributed by atoms with E-state index in [0.29, 0.717) is 18.2 Å². The number of nitrogens with one attached hydrogen (secondary N) is 1. The number of fused-ring (bicyclic) bond motifs is 2. The molecule has 0 saturated carbocycles. The van der Waals surface area contributed by atoms with Gasteiger partial charge in [0.2, 0.25) is 0 Å². The monoisotopic (exact) mass is 808 g/mol. The quantitative estimate of drug-likeness (QED) is 0.162. The summed E-state index contributed by atoms with van der Waals surface area (Å²) < 4.78 is 0. The summed E-state index contributed by atoms with van der Waals surface area (Å²) in [4.78, 5) is 41.1. The van der Waals surface area contributed by atoms with Crippen LogP contribution in [0.25, 0.3) is 0 Å². The van der Waals surface area contributed by atoms with Crippen molar-refractivity contribution in [1.29, 1.82) is 0 Å². The second-order valence-electron chi connectivity index (χ2n) is 14.8. The van der Waals surface area contributed by atoms with Gasteiger partial charge in [0, 0.05) is 76.5 Å². The molecule has 0 aliphatic carbocycles. The molecule has 0 saturated heterocycles. The number of benzene rings is 4. The molecule has 6 aromatic rings. The summed E-state index contributed by atoms with van der Waals surface area (Å²) in [5.41, 5.74) is 14.7. The average Bonchev–Trinajstić information content (AvgIpc) is 3.28. The minimum atomic E-state index is -0.0215. The number of anilines is 3. The number of urea groups is 2. The number of nitrogens with two attached hydrogens (primary N) is 1. The summed E-state index contributed by atoms with van der Waals surface area (Å²) in [5.74, 6) is 0.752. The molecule has 2 atom stereocenters. The Labute approximate surface area is 353 Å². The first kappa shape index (κ1) is 42.4. The first-order chi connectivity index (χ1) is 28.6. The van der Waals surface area contributed by atoms with Crippen molar-refractivity contribution in [2.45, 2.75) is 51.9 Å². The lowest BCUT2D eigenvalue weighted by Gasteiger charge is -2.32. The molecule has 3 N–H and O–H groups in total. The first-order valence-electron chi connectivity index (χ1n) is 20.0. The maximum atomic E-state index is 13.1. The first-order valence-corrected chi connectivity index (χ1v) is 20.3. The van der Waals surface area contributed by atoms with Crippen molar-refractivity contribution < 1.29 is 9.59 Å². The number of rotatable bonds is 6. The number of carbonyl (C=O) groups is 2. The zero-order valence-electron chi connectivity index (χ0n) is 34.2. The summed E-state index contributed by atoms with van der Waals surface area (Å²) in [6, 6.07) is 44.4. The van der Waals surface area contributed by atoms with Gasteiger partial charge in [-0.1, -0.05) is 121 Å². The topological polar surface area (TPSA) is 111 Å². The van der Waals surface area contributed by atoms with Gasteiger partial charge in [0.05, 0.1) is 5.69 Å². The Morgan fingerprint density at radius 3 is 1.54 bits per heavy atom. The molecule has 2 aliphatic heterocycles. The van der Waals surface area contributed by atoms with Crippen molar-refractivity contribution in [3.63, 3.8) is 0 Å². The smallest absolute Gasteiger partial charge is 0.324 e. The maximum absolute atomic E-state index is 13.1. The molecular formula is C48H53ClN8O2. The number of carbonyl (C=O) groups excluding carboxylic acids is 2. The zero-order chi connectivity index (χ0) is 41.7. The number of hydrogen-bond donors (Lipinski definition) is 2. The van der Waals surface area contributed by atoms with E-state index in [0.717, 1.165) is 43.1 Å². The molecule has 304 valence electrons. The Balaban J connectivity index is 0.000000169. The summed E-state index contributed by atoms with van der Waals surface area (Å²) in [6.45, 7) is 6.86. The third-order valence-corrected chi connectivity index (χ3v) is 10.8. The van der Waals surface area contributed by atoms with Crippen LogP contribution in [0.4, 0.5) is 26.8 Å². The van der Waals surface area contributed by atoms with Crippen LogP contribution < -0.4 is 20.9 Å². The largest absolute Gasteiger partial charge is 0.363 e. The molecule has 0 spiro atoms. The Bertz CT molecular complexity index is 2290. The van der Waals surface area contributed by atoms with E-state index < -0.39 is 0 Å². The van der Waals surface area contributed by atoms with Crippen LogP contribution in [0.5, 0.6) is 0 Å². The molecule has 10 nitrogen and oxygen atoms in total. The Kier molecular flexibility index (Phi) is 14.7. The van der Waals surface area contributed by atoms with Crippen molar-refractivity contribution in [2.24, 2.45) is 5.73 Å². The van der Waals surface area contributed by atoms with Gasteiger partial charge in [-0.15, -0.1) is 0 Å². The van der Waals surface area contributed by atoms with E-state index in [9.17, 15) is 9.59 Å². The Morgan fingerprint density at radius 2 is 1.07 bits per heavy atom. The molecule has 0 unspecified atom stereocenters. The van der Waals surface area contributed by atoms with E-state index >= 15 is 0 Å². The van der Waals surface area contributed by atoms with Gasteiger partial charge < -0.3 is 20.9 Å². The molecule has 4 aromatic carbocycles. The highest BCUT2D eigenvalue weighted by Crippen LogP contribution is 2.25. The SMILES string of the molecule is CN(C(=O)N1CCc2ccccc2C1)c1ccnc(Cl)c1.C[C@H](N)c1ccccc1.C[C@H](Nc1cc(N(C)C(=O)N2CCc3ccccc3C2)ccn1)c1ccccc1. The van der Waals surface area contributed by atoms with Gasteiger partial charge in [-0.25, -0.2) is 19.6 Å². The van der Waals surface area contributed by atoms with Crippen LogP contribution in [0.2, 0.25) is 5.15 Å². The fourth-order valence-corrected chi connectivity index (χ4v) is 7.24. The fourth-order valence-electron chi connectivity index (χ4n) is 7.07. The Morgan fingerprint density at radius 1 is 0.627 bits per heavy atom. The molecule has 11 heteroatoms. The molecular weight excluding hydrogens is 756 g/mol. The number of pyridine rings is 2. The fraction of sp³-hybridized carbons (Fsp3) is 0.250. The van der Waals surface area contributed by atoms with Crippen molar-refractivity contribution in [1.82, 2.24) is 19.8 Å². The summed E-state index contributed by atoms with van der Waals surface area (Å²) >= 11 is 5.88. The van der Waals surface area contributed by atoms with Gasteiger partial charge in [0.25, 0.3) is 0 Å². The van der Waals surface area contributed by atoms with Gasteiger partial charge >= 0.3 is 12.1 Å². The minimum Gasteiger partial charge on any atom is -0.363 e. The van der Waals surface area contributed by atoms with E-state index in [1.807, 2.05) is 103 Å². The third-order valence-electron chi connectivity index (χ3n) is 10.6. The van der Waals surface area contributed by atoms with Crippen LogP contribution in [0.3, 0.4) is 0 Å². The lowest BCUT2D eigenvalue weighted by molar-refractivity contribution is 0.200. The lowest BCUT2D eigenvalue weighted by atomic mass is 10.0. The van der Waals surface area contributed by atoms with Crippen LogP contribution in [-0.4, -0.2) is 59.0 Å². The van der Waals surface area contributed by atoms with Crippen LogP contribution in [0.1, 0.15) is 59.3 Å². The summed E-state index contributed by atoms with van der Waals surface area (Å²) in [7, 11) is 3.58. The van der Waals surface area contributed by atoms with Crippen LogP contribution >= 0.6 is 11.6 Å².